The number of nitrogens with zero attached hydrogens (tertiary/aromatic N) is 1. The van der Waals surface area contributed by atoms with Crippen molar-refractivity contribution in [2.45, 2.75) is 45.4 Å². The van der Waals surface area contributed by atoms with Gasteiger partial charge >= 0.3 is 5.97 Å². The van der Waals surface area contributed by atoms with Crippen molar-refractivity contribution < 1.29 is 19.1 Å². The fourth-order valence-electron chi connectivity index (χ4n) is 3.17. The molecule has 146 valence electrons. The topological polar surface area (TPSA) is 75.7 Å². The molecule has 0 saturated carbocycles. The van der Waals surface area contributed by atoms with E-state index in [1.165, 1.54) is 32.4 Å². The Bertz CT molecular complexity index is 712. The number of nitrogens with one attached hydrogen (secondary N) is 1. The molecule has 0 radical (unpaired) electrons. The number of hydrogen-bond acceptors (Lipinski definition) is 4. The van der Waals surface area contributed by atoms with Crippen LogP contribution in [0, 0.1) is 0 Å². The Labute approximate surface area is 160 Å². The van der Waals surface area contributed by atoms with Gasteiger partial charge in [0.25, 0.3) is 0 Å². The number of rotatable bonds is 8. The predicted molar refractivity (Wildman–Crippen MR) is 104 cm³/mol. The second-order valence-electron chi connectivity index (χ2n) is 6.70. The minimum absolute atomic E-state index is 0.0332. The van der Waals surface area contributed by atoms with Crippen molar-refractivity contribution in [3.8, 4) is 0 Å². The van der Waals surface area contributed by atoms with Gasteiger partial charge in [0.1, 0.15) is 0 Å². The summed E-state index contributed by atoms with van der Waals surface area (Å²) in [6.07, 6.45) is 8.01. The van der Waals surface area contributed by atoms with Crippen molar-refractivity contribution >= 4 is 23.5 Å². The second kappa shape index (κ2) is 10.5. The maximum absolute atomic E-state index is 12.3. The number of para-hydroxylation sites is 1. The number of amides is 2. The minimum atomic E-state index is -0.503. The summed E-state index contributed by atoms with van der Waals surface area (Å²) in [5.74, 6) is -0.777. The highest BCUT2D eigenvalue weighted by atomic mass is 16.5. The summed E-state index contributed by atoms with van der Waals surface area (Å²) >= 11 is 0. The smallest absolute Gasteiger partial charge is 0.339 e. The molecule has 27 heavy (non-hydrogen) atoms. The second-order valence-corrected chi connectivity index (χ2v) is 6.70. The van der Waals surface area contributed by atoms with E-state index < -0.39 is 5.97 Å². The van der Waals surface area contributed by atoms with Crippen LogP contribution in [0.4, 0.5) is 5.69 Å². The lowest BCUT2D eigenvalue weighted by Crippen LogP contribution is -2.33. The first-order valence-electron chi connectivity index (χ1n) is 9.42. The third-order valence-electron chi connectivity index (χ3n) is 4.75. The summed E-state index contributed by atoms with van der Waals surface area (Å²) in [5.41, 5.74) is 2.13. The van der Waals surface area contributed by atoms with Gasteiger partial charge in [0, 0.05) is 26.4 Å². The summed E-state index contributed by atoms with van der Waals surface area (Å²) < 4.78 is 4.73. The van der Waals surface area contributed by atoms with Crippen LogP contribution in [-0.2, 0) is 14.3 Å². The van der Waals surface area contributed by atoms with E-state index in [9.17, 15) is 14.4 Å². The number of esters is 1. The van der Waals surface area contributed by atoms with Crippen molar-refractivity contribution in [1.82, 2.24) is 4.90 Å². The largest absolute Gasteiger partial charge is 0.465 e. The molecule has 1 aliphatic rings. The highest BCUT2D eigenvalue weighted by Crippen LogP contribution is 2.20. The van der Waals surface area contributed by atoms with Crippen LogP contribution in [0.2, 0.25) is 0 Å². The molecule has 0 aliphatic heterocycles. The van der Waals surface area contributed by atoms with Crippen LogP contribution in [0.5, 0.6) is 0 Å². The Balaban J connectivity index is 1.88. The van der Waals surface area contributed by atoms with E-state index in [2.05, 4.69) is 11.4 Å². The van der Waals surface area contributed by atoms with Crippen LogP contribution < -0.4 is 5.32 Å². The molecule has 1 aromatic carbocycles. The van der Waals surface area contributed by atoms with E-state index in [1.54, 1.807) is 29.2 Å². The van der Waals surface area contributed by atoms with Crippen molar-refractivity contribution in [3.05, 3.63) is 41.5 Å². The van der Waals surface area contributed by atoms with Crippen LogP contribution >= 0.6 is 0 Å². The molecule has 1 aromatic rings. The number of allylic oxidation sites excluding steroid dienone is 1. The summed E-state index contributed by atoms with van der Waals surface area (Å²) in [6, 6.07) is 6.70. The van der Waals surface area contributed by atoms with Crippen LogP contribution in [0.25, 0.3) is 0 Å². The zero-order valence-corrected chi connectivity index (χ0v) is 16.1. The zero-order chi connectivity index (χ0) is 19.6. The number of carbonyl (C=O) groups is 3. The molecular formula is C21H28N2O4. The van der Waals surface area contributed by atoms with Crippen LogP contribution in [-0.4, -0.2) is 42.9 Å². The van der Waals surface area contributed by atoms with Gasteiger partial charge in [0.15, 0.2) is 0 Å². The maximum atomic E-state index is 12.3. The van der Waals surface area contributed by atoms with Gasteiger partial charge in [-0.3, -0.25) is 9.59 Å². The van der Waals surface area contributed by atoms with E-state index >= 15 is 0 Å². The summed E-state index contributed by atoms with van der Waals surface area (Å²) in [6.45, 7) is 2.52. The zero-order valence-electron chi connectivity index (χ0n) is 16.1. The molecular weight excluding hydrogens is 344 g/mol. The number of anilines is 1. The molecule has 2 amide bonds. The molecule has 6 nitrogen and oxygen atoms in total. The minimum Gasteiger partial charge on any atom is -0.465 e. The molecule has 0 saturated heterocycles. The van der Waals surface area contributed by atoms with Crippen LogP contribution in [0.1, 0.15) is 55.8 Å². The lowest BCUT2D eigenvalue weighted by atomic mass is 9.97. The van der Waals surface area contributed by atoms with Gasteiger partial charge in [-0.05, 0) is 44.2 Å². The summed E-state index contributed by atoms with van der Waals surface area (Å²) in [7, 11) is 1.30. The maximum Gasteiger partial charge on any atom is 0.339 e. The van der Waals surface area contributed by atoms with Crippen molar-refractivity contribution in [3.63, 3.8) is 0 Å². The first kappa shape index (κ1) is 20.7. The highest BCUT2D eigenvalue weighted by molar-refractivity contribution is 6.01. The molecule has 0 bridgehead atoms. The quantitative estimate of drug-likeness (QED) is 0.559. The standard InChI is InChI=1S/C21H28N2O4/c1-16(24)23(14-12-17-8-4-3-5-9-17)15-13-20(25)22-19-11-7-6-10-18(19)21(26)27-2/h6-8,10-11H,3-5,9,12-15H2,1-2H3,(H,22,25). The molecule has 1 N–H and O–H groups in total. The number of benzene rings is 1. The molecule has 2 rings (SSSR count). The SMILES string of the molecule is COC(=O)c1ccccc1NC(=O)CCN(CCC1=CCCCC1)C(C)=O. The highest BCUT2D eigenvalue weighted by Gasteiger charge is 2.16. The Hall–Kier alpha value is -2.63. The Morgan fingerprint density at radius 2 is 1.93 bits per heavy atom. The molecule has 6 heteroatoms. The van der Waals surface area contributed by atoms with Gasteiger partial charge in [-0.2, -0.15) is 0 Å². The molecule has 0 unspecified atom stereocenters. The summed E-state index contributed by atoms with van der Waals surface area (Å²) in [4.78, 5) is 37.7. The first-order valence-corrected chi connectivity index (χ1v) is 9.42. The number of ether oxygens (including phenoxy) is 1. The summed E-state index contributed by atoms with van der Waals surface area (Å²) in [5, 5.41) is 2.74. The number of carbonyl (C=O) groups excluding carboxylic acids is 3. The van der Waals surface area contributed by atoms with Crippen molar-refractivity contribution in [2.24, 2.45) is 0 Å². The molecule has 1 aliphatic carbocycles. The fourth-order valence-corrected chi connectivity index (χ4v) is 3.17. The molecule has 0 heterocycles. The van der Waals surface area contributed by atoms with Gasteiger partial charge in [-0.25, -0.2) is 4.79 Å². The van der Waals surface area contributed by atoms with Crippen LogP contribution in [0.3, 0.4) is 0 Å². The van der Waals surface area contributed by atoms with E-state index in [1.807, 2.05) is 0 Å². The fraction of sp³-hybridized carbons (Fsp3) is 0.476. The molecule has 0 fully saturated rings. The van der Waals surface area contributed by atoms with Gasteiger partial charge < -0.3 is 15.0 Å². The molecule has 0 aromatic heterocycles. The normalized spacial score (nSPS) is 13.5. The van der Waals surface area contributed by atoms with Gasteiger partial charge in [0.05, 0.1) is 18.4 Å². The van der Waals surface area contributed by atoms with Gasteiger partial charge in [-0.15, -0.1) is 0 Å². The Morgan fingerprint density at radius 1 is 1.15 bits per heavy atom. The average molecular weight is 372 g/mol. The monoisotopic (exact) mass is 372 g/mol. The van der Waals surface area contributed by atoms with Crippen LogP contribution in [0.15, 0.2) is 35.9 Å². The van der Waals surface area contributed by atoms with Gasteiger partial charge in [-0.1, -0.05) is 23.8 Å². The average Bonchev–Trinajstić information content (AvgIpc) is 2.68. The Kier molecular flexibility index (Phi) is 8.04. The lowest BCUT2D eigenvalue weighted by Gasteiger charge is -2.22. The third-order valence-corrected chi connectivity index (χ3v) is 4.75. The van der Waals surface area contributed by atoms with Gasteiger partial charge in [0.2, 0.25) is 11.8 Å². The first-order chi connectivity index (χ1) is 13.0. The number of methoxy groups -OCH3 is 1. The van der Waals surface area contributed by atoms with E-state index in [0.29, 0.717) is 24.3 Å². The van der Waals surface area contributed by atoms with E-state index in [-0.39, 0.29) is 18.2 Å². The lowest BCUT2D eigenvalue weighted by molar-refractivity contribution is -0.129. The van der Waals surface area contributed by atoms with E-state index in [0.717, 1.165) is 19.3 Å². The third kappa shape index (κ3) is 6.55. The van der Waals surface area contributed by atoms with Crippen molar-refractivity contribution in [1.29, 1.82) is 0 Å². The number of hydrogen-bond donors (Lipinski definition) is 1. The molecule has 0 atom stereocenters. The van der Waals surface area contributed by atoms with Crippen molar-refractivity contribution in [2.75, 3.05) is 25.5 Å². The predicted octanol–water partition coefficient (Wildman–Crippen LogP) is 3.54. The van der Waals surface area contributed by atoms with E-state index in [4.69, 9.17) is 4.74 Å². The molecule has 0 spiro atoms. The Morgan fingerprint density at radius 3 is 2.59 bits per heavy atom.